The molecule has 0 bridgehead atoms. The van der Waals surface area contributed by atoms with Crippen molar-refractivity contribution >= 4 is 30.5 Å². The number of rotatable bonds is 11. The quantitative estimate of drug-likeness (QED) is 0.181. The number of phosphoric ester groups is 1. The summed E-state index contributed by atoms with van der Waals surface area (Å²) in [4.78, 5) is 35.3. The second-order valence-corrected chi connectivity index (χ2v) is 11.2. The van der Waals surface area contributed by atoms with Crippen molar-refractivity contribution in [1.29, 1.82) is 5.26 Å². The summed E-state index contributed by atoms with van der Waals surface area (Å²) in [6.45, 7) is 3.89. The Kier molecular flexibility index (Phi) is 9.68. The molecule has 11 nitrogen and oxygen atoms in total. The van der Waals surface area contributed by atoms with E-state index in [-0.39, 0.29) is 12.5 Å². The summed E-state index contributed by atoms with van der Waals surface area (Å²) in [6, 6.07) is 13.1. The molecule has 1 amide bonds. The van der Waals surface area contributed by atoms with Crippen LogP contribution in [0.25, 0.3) is 33.3 Å². The van der Waals surface area contributed by atoms with Crippen LogP contribution in [0.15, 0.2) is 73.3 Å². The highest BCUT2D eigenvalue weighted by atomic mass is 31.2. The Bertz CT molecular complexity index is 1710. The Balaban J connectivity index is 1.78. The zero-order valence-electron chi connectivity index (χ0n) is 24.1. The van der Waals surface area contributed by atoms with E-state index >= 15 is 0 Å². The number of fused-ring (bicyclic) bond motifs is 1. The molecule has 0 saturated carbocycles. The summed E-state index contributed by atoms with van der Waals surface area (Å²) in [7, 11) is 1.24. The van der Waals surface area contributed by atoms with Crippen LogP contribution in [-0.2, 0) is 18.4 Å². The van der Waals surface area contributed by atoms with Crippen LogP contribution in [0.5, 0.6) is 0 Å². The highest BCUT2D eigenvalue weighted by Gasteiger charge is 2.26. The predicted molar refractivity (Wildman–Crippen MR) is 161 cm³/mol. The lowest BCUT2D eigenvalue weighted by molar-refractivity contribution is -0.113. The molecular formula is C30H33N6O5P. The van der Waals surface area contributed by atoms with Crippen LogP contribution in [0.4, 0.5) is 5.69 Å². The fourth-order valence-electron chi connectivity index (χ4n) is 4.36. The molecule has 0 aliphatic carbocycles. The van der Waals surface area contributed by atoms with Crippen molar-refractivity contribution in [2.24, 2.45) is 0 Å². The van der Waals surface area contributed by atoms with Crippen LogP contribution in [0.2, 0.25) is 0 Å². The fourth-order valence-corrected chi connectivity index (χ4v) is 5.24. The third kappa shape index (κ3) is 7.18. The fraction of sp³-hybridized carbons (Fsp3) is 0.267. The SMILES string of the molecule is CCOP(=O)(O)OC(C)n1cc(-c2cccc(C#N)c2)c2cc(-c3cncc(N(C)C(=O)C=CCN(C)C)c3)cnc21. The number of pyridine rings is 2. The largest absolute Gasteiger partial charge is 0.474 e. The van der Waals surface area contributed by atoms with E-state index in [1.54, 1.807) is 74.5 Å². The zero-order chi connectivity index (χ0) is 30.4. The first kappa shape index (κ1) is 30.8. The van der Waals surface area contributed by atoms with E-state index in [1.165, 1.54) is 11.0 Å². The van der Waals surface area contributed by atoms with Gasteiger partial charge in [-0.25, -0.2) is 9.55 Å². The van der Waals surface area contributed by atoms with Crippen molar-refractivity contribution in [2.75, 3.05) is 39.2 Å². The molecule has 218 valence electrons. The Morgan fingerprint density at radius 2 is 1.93 bits per heavy atom. The molecule has 0 fully saturated rings. The van der Waals surface area contributed by atoms with E-state index in [0.29, 0.717) is 23.4 Å². The van der Waals surface area contributed by atoms with Gasteiger partial charge in [0.15, 0.2) is 0 Å². The summed E-state index contributed by atoms with van der Waals surface area (Å²) in [5.41, 5.74) is 4.60. The molecule has 1 N–H and O–H groups in total. The number of likely N-dealkylation sites (N-methyl/N-ethyl adjacent to an activating group) is 2. The number of amides is 1. The summed E-state index contributed by atoms with van der Waals surface area (Å²) >= 11 is 0. The minimum atomic E-state index is -4.30. The van der Waals surface area contributed by atoms with Crippen LogP contribution >= 0.6 is 7.82 Å². The summed E-state index contributed by atoms with van der Waals surface area (Å²) in [5, 5.41) is 10.2. The second kappa shape index (κ2) is 13.2. The van der Waals surface area contributed by atoms with Crippen molar-refractivity contribution < 1.29 is 23.3 Å². The molecule has 3 heterocycles. The van der Waals surface area contributed by atoms with Gasteiger partial charge >= 0.3 is 7.82 Å². The molecule has 0 radical (unpaired) electrons. The molecule has 42 heavy (non-hydrogen) atoms. The Morgan fingerprint density at radius 1 is 1.17 bits per heavy atom. The number of hydrogen-bond acceptors (Lipinski definition) is 8. The summed E-state index contributed by atoms with van der Waals surface area (Å²) in [6.07, 6.45) is 9.19. The highest BCUT2D eigenvalue weighted by Crippen LogP contribution is 2.47. The van der Waals surface area contributed by atoms with Gasteiger partial charge in [0, 0.05) is 60.3 Å². The third-order valence-electron chi connectivity index (χ3n) is 6.45. The lowest BCUT2D eigenvalue weighted by Gasteiger charge is -2.19. The Hall–Kier alpha value is -4.17. The molecule has 12 heteroatoms. The molecule has 0 saturated heterocycles. The van der Waals surface area contributed by atoms with Crippen molar-refractivity contribution in [3.05, 3.63) is 78.9 Å². The highest BCUT2D eigenvalue weighted by molar-refractivity contribution is 7.47. The van der Waals surface area contributed by atoms with Crippen molar-refractivity contribution in [1.82, 2.24) is 19.4 Å². The number of hydrogen-bond donors (Lipinski definition) is 1. The van der Waals surface area contributed by atoms with Crippen LogP contribution in [-0.4, -0.2) is 64.5 Å². The van der Waals surface area contributed by atoms with Crippen molar-refractivity contribution in [3.63, 3.8) is 0 Å². The average Bonchev–Trinajstić information content (AvgIpc) is 3.35. The number of nitriles is 1. The van der Waals surface area contributed by atoms with E-state index in [1.807, 2.05) is 37.2 Å². The zero-order valence-corrected chi connectivity index (χ0v) is 25.0. The third-order valence-corrected chi connectivity index (χ3v) is 7.60. The normalized spacial score (nSPS) is 13.8. The van der Waals surface area contributed by atoms with Gasteiger partial charge in [-0.15, -0.1) is 0 Å². The lowest BCUT2D eigenvalue weighted by Crippen LogP contribution is -2.24. The maximum Gasteiger partial charge on any atom is 0.474 e. The van der Waals surface area contributed by atoms with E-state index in [4.69, 9.17) is 14.0 Å². The number of aromatic nitrogens is 3. The number of benzene rings is 1. The van der Waals surface area contributed by atoms with Gasteiger partial charge in [-0.2, -0.15) is 5.26 Å². The van der Waals surface area contributed by atoms with Gasteiger partial charge in [-0.3, -0.25) is 18.8 Å². The topological polar surface area (TPSA) is 134 Å². The van der Waals surface area contributed by atoms with E-state index in [2.05, 4.69) is 11.1 Å². The molecule has 0 aliphatic rings. The standard InChI is InChI=1S/C30H33N6O5P/c1-6-40-42(38,39)41-21(2)36-20-28(23-10-7-9-22(13-23)16-31)27-15-25(18-33-30(27)36)24-14-26(19-32-17-24)35(5)29(37)11-8-12-34(3)4/h7-11,13-15,17-21H,6,12H2,1-5H3,(H,38,39). The minimum absolute atomic E-state index is 0.0149. The second-order valence-electron chi connectivity index (χ2n) is 9.82. The summed E-state index contributed by atoms with van der Waals surface area (Å²) in [5.74, 6) is -0.177. The first-order chi connectivity index (χ1) is 20.0. The molecule has 2 unspecified atom stereocenters. The Morgan fingerprint density at radius 3 is 2.64 bits per heavy atom. The average molecular weight is 589 g/mol. The van der Waals surface area contributed by atoms with Gasteiger partial charge in [0.1, 0.15) is 11.9 Å². The molecular weight excluding hydrogens is 555 g/mol. The van der Waals surface area contributed by atoms with Crippen LogP contribution in [0.1, 0.15) is 25.6 Å². The van der Waals surface area contributed by atoms with Gasteiger partial charge in [0.05, 0.1) is 30.1 Å². The first-order valence-electron chi connectivity index (χ1n) is 13.2. The van der Waals surface area contributed by atoms with Crippen molar-refractivity contribution in [2.45, 2.75) is 20.1 Å². The molecule has 2 atom stereocenters. The van der Waals surface area contributed by atoms with E-state index < -0.39 is 14.1 Å². The molecule has 3 aromatic heterocycles. The minimum Gasteiger partial charge on any atom is -0.310 e. The van der Waals surface area contributed by atoms with Gasteiger partial charge in [0.25, 0.3) is 0 Å². The van der Waals surface area contributed by atoms with Crippen molar-refractivity contribution in [3.8, 4) is 28.3 Å². The molecule has 0 spiro atoms. The molecule has 0 aliphatic heterocycles. The van der Waals surface area contributed by atoms with E-state index in [0.717, 1.165) is 27.6 Å². The summed E-state index contributed by atoms with van der Waals surface area (Å²) < 4.78 is 24.3. The smallest absolute Gasteiger partial charge is 0.310 e. The van der Waals surface area contributed by atoms with Gasteiger partial charge in [-0.05, 0) is 57.8 Å². The van der Waals surface area contributed by atoms with Crippen LogP contribution in [0.3, 0.4) is 0 Å². The first-order valence-corrected chi connectivity index (χ1v) is 14.7. The number of carbonyl (C=O) groups excluding carboxylic acids is 1. The number of anilines is 1. The maximum atomic E-state index is 12.7. The van der Waals surface area contributed by atoms with Gasteiger partial charge in [-0.1, -0.05) is 18.2 Å². The maximum absolute atomic E-state index is 12.7. The predicted octanol–water partition coefficient (Wildman–Crippen LogP) is 5.39. The number of carbonyl (C=O) groups is 1. The lowest BCUT2D eigenvalue weighted by atomic mass is 10.0. The van der Waals surface area contributed by atoms with Gasteiger partial charge in [0.2, 0.25) is 5.91 Å². The monoisotopic (exact) mass is 588 g/mol. The Labute approximate surface area is 244 Å². The number of nitrogens with zero attached hydrogens (tertiary/aromatic N) is 6. The van der Waals surface area contributed by atoms with Crippen LogP contribution < -0.4 is 4.90 Å². The van der Waals surface area contributed by atoms with E-state index in [9.17, 15) is 19.5 Å². The van der Waals surface area contributed by atoms with Gasteiger partial charge < -0.3 is 19.3 Å². The molecule has 4 rings (SSSR count). The molecule has 1 aromatic carbocycles. The van der Waals surface area contributed by atoms with Crippen LogP contribution in [0, 0.1) is 11.3 Å². The molecule has 4 aromatic rings. The number of phosphoric acid groups is 1.